The number of hydrogen-bond acceptors (Lipinski definition) is 6. The van der Waals surface area contributed by atoms with Gasteiger partial charge in [0.1, 0.15) is 23.8 Å². The summed E-state index contributed by atoms with van der Waals surface area (Å²) in [6.45, 7) is 2.54. The molecule has 1 fully saturated rings. The highest BCUT2D eigenvalue weighted by Crippen LogP contribution is 2.23. The van der Waals surface area contributed by atoms with E-state index in [0.29, 0.717) is 54.2 Å². The number of fused-ring (bicyclic) bond motifs is 1. The van der Waals surface area contributed by atoms with Crippen molar-refractivity contribution in [3.63, 3.8) is 0 Å². The standard InChI is InChI=1S/C20H18FN3O3/c21-17-6-5-14(18-15(17)3-1-7-22-18)13-27-20(25)16-4-2-8-23-19(16)24-9-11-26-12-10-24/h1-8H,9-13H2. The summed E-state index contributed by atoms with van der Waals surface area (Å²) in [7, 11) is 0. The summed E-state index contributed by atoms with van der Waals surface area (Å²) in [5, 5.41) is 0.404. The topological polar surface area (TPSA) is 64.5 Å². The number of nitrogens with zero attached hydrogens (tertiary/aromatic N) is 3. The second kappa shape index (κ2) is 7.67. The first kappa shape index (κ1) is 17.4. The Morgan fingerprint density at radius 3 is 2.74 bits per heavy atom. The Hall–Kier alpha value is -3.06. The van der Waals surface area contributed by atoms with Crippen molar-refractivity contribution in [2.24, 2.45) is 0 Å². The SMILES string of the molecule is O=C(OCc1ccc(F)c2cccnc12)c1cccnc1N1CCOCC1. The highest BCUT2D eigenvalue weighted by atomic mass is 19.1. The van der Waals surface area contributed by atoms with Gasteiger partial charge in [0.2, 0.25) is 0 Å². The van der Waals surface area contributed by atoms with Crippen molar-refractivity contribution in [2.75, 3.05) is 31.2 Å². The molecule has 27 heavy (non-hydrogen) atoms. The van der Waals surface area contributed by atoms with Gasteiger partial charge in [-0.3, -0.25) is 4.98 Å². The number of pyridine rings is 2. The molecule has 0 aliphatic carbocycles. The lowest BCUT2D eigenvalue weighted by Crippen LogP contribution is -2.37. The fourth-order valence-corrected chi connectivity index (χ4v) is 3.12. The van der Waals surface area contributed by atoms with Crippen molar-refractivity contribution >= 4 is 22.7 Å². The van der Waals surface area contributed by atoms with E-state index in [1.807, 2.05) is 4.90 Å². The number of benzene rings is 1. The van der Waals surface area contributed by atoms with Crippen LogP contribution in [0.4, 0.5) is 10.2 Å². The molecular formula is C20H18FN3O3. The number of morpholine rings is 1. The molecule has 0 bridgehead atoms. The van der Waals surface area contributed by atoms with E-state index >= 15 is 0 Å². The third-order valence-corrected chi connectivity index (χ3v) is 4.48. The predicted octanol–water partition coefficient (Wildman–Crippen LogP) is 2.96. The molecular weight excluding hydrogens is 349 g/mol. The summed E-state index contributed by atoms with van der Waals surface area (Å²) in [4.78, 5) is 23.2. The lowest BCUT2D eigenvalue weighted by atomic mass is 10.1. The van der Waals surface area contributed by atoms with E-state index in [1.54, 1.807) is 42.7 Å². The first-order valence-corrected chi connectivity index (χ1v) is 8.71. The summed E-state index contributed by atoms with van der Waals surface area (Å²) in [6.07, 6.45) is 3.24. The minimum absolute atomic E-state index is 0.00404. The molecule has 4 rings (SSSR count). The fourth-order valence-electron chi connectivity index (χ4n) is 3.12. The molecule has 1 saturated heterocycles. The highest BCUT2D eigenvalue weighted by molar-refractivity contribution is 5.95. The van der Waals surface area contributed by atoms with Crippen LogP contribution in [0.1, 0.15) is 15.9 Å². The van der Waals surface area contributed by atoms with Gasteiger partial charge in [-0.15, -0.1) is 0 Å². The van der Waals surface area contributed by atoms with E-state index in [4.69, 9.17) is 9.47 Å². The number of rotatable bonds is 4. The van der Waals surface area contributed by atoms with Gasteiger partial charge in [0, 0.05) is 36.4 Å². The third-order valence-electron chi connectivity index (χ3n) is 4.48. The second-order valence-corrected chi connectivity index (χ2v) is 6.16. The summed E-state index contributed by atoms with van der Waals surface area (Å²) in [6, 6.07) is 9.67. The van der Waals surface area contributed by atoms with Gasteiger partial charge in [0.05, 0.1) is 18.7 Å². The van der Waals surface area contributed by atoms with E-state index in [1.165, 1.54) is 6.07 Å². The molecule has 3 heterocycles. The van der Waals surface area contributed by atoms with Gasteiger partial charge in [-0.05, 0) is 30.3 Å². The predicted molar refractivity (Wildman–Crippen MR) is 98.1 cm³/mol. The van der Waals surface area contributed by atoms with Crippen LogP contribution in [0.3, 0.4) is 0 Å². The van der Waals surface area contributed by atoms with Crippen molar-refractivity contribution in [3.8, 4) is 0 Å². The maximum absolute atomic E-state index is 13.9. The lowest BCUT2D eigenvalue weighted by molar-refractivity contribution is 0.0473. The number of aromatic nitrogens is 2. The van der Waals surface area contributed by atoms with Gasteiger partial charge in [0.15, 0.2) is 0 Å². The van der Waals surface area contributed by atoms with Crippen LogP contribution >= 0.6 is 0 Å². The largest absolute Gasteiger partial charge is 0.457 e. The Balaban J connectivity index is 1.55. The van der Waals surface area contributed by atoms with E-state index in [0.717, 1.165) is 0 Å². The third kappa shape index (κ3) is 3.59. The van der Waals surface area contributed by atoms with Crippen LogP contribution in [0.15, 0.2) is 48.8 Å². The zero-order chi connectivity index (χ0) is 18.6. The first-order valence-electron chi connectivity index (χ1n) is 8.71. The molecule has 2 aromatic heterocycles. The Labute approximate surface area is 155 Å². The quantitative estimate of drug-likeness (QED) is 0.661. The summed E-state index contributed by atoms with van der Waals surface area (Å²) in [5.74, 6) is -0.235. The number of esters is 1. The van der Waals surface area contributed by atoms with E-state index in [-0.39, 0.29) is 12.4 Å². The fraction of sp³-hybridized carbons (Fsp3) is 0.250. The van der Waals surface area contributed by atoms with Crippen molar-refractivity contribution in [1.29, 1.82) is 0 Å². The van der Waals surface area contributed by atoms with Gasteiger partial charge in [-0.2, -0.15) is 0 Å². The van der Waals surface area contributed by atoms with Gasteiger partial charge >= 0.3 is 5.97 Å². The zero-order valence-electron chi connectivity index (χ0n) is 14.6. The van der Waals surface area contributed by atoms with E-state index in [9.17, 15) is 9.18 Å². The Morgan fingerprint density at radius 2 is 1.89 bits per heavy atom. The molecule has 0 N–H and O–H groups in total. The first-order chi connectivity index (χ1) is 13.2. The summed E-state index contributed by atoms with van der Waals surface area (Å²) in [5.41, 5.74) is 1.54. The number of anilines is 1. The molecule has 0 radical (unpaired) electrons. The number of halogens is 1. The van der Waals surface area contributed by atoms with E-state index < -0.39 is 5.97 Å². The second-order valence-electron chi connectivity index (χ2n) is 6.16. The number of carbonyl (C=O) groups excluding carboxylic acids is 1. The molecule has 7 heteroatoms. The highest BCUT2D eigenvalue weighted by Gasteiger charge is 2.21. The molecule has 3 aromatic rings. The summed E-state index contributed by atoms with van der Waals surface area (Å²) < 4.78 is 24.8. The van der Waals surface area contributed by atoms with Gasteiger partial charge in [-0.25, -0.2) is 14.2 Å². The number of hydrogen-bond donors (Lipinski definition) is 0. The molecule has 0 atom stereocenters. The average Bonchev–Trinajstić information content (AvgIpc) is 2.74. The smallest absolute Gasteiger partial charge is 0.342 e. The van der Waals surface area contributed by atoms with E-state index in [2.05, 4.69) is 9.97 Å². The molecule has 0 spiro atoms. The molecule has 1 aliphatic heterocycles. The molecule has 0 unspecified atom stereocenters. The lowest BCUT2D eigenvalue weighted by Gasteiger charge is -2.28. The van der Waals surface area contributed by atoms with Crippen LogP contribution in [-0.2, 0) is 16.1 Å². The van der Waals surface area contributed by atoms with Gasteiger partial charge in [-0.1, -0.05) is 6.07 Å². The Bertz CT molecular complexity index is 974. The maximum Gasteiger partial charge on any atom is 0.342 e. The van der Waals surface area contributed by atoms with Crippen LogP contribution in [0, 0.1) is 5.82 Å². The maximum atomic E-state index is 13.9. The molecule has 1 aromatic carbocycles. The van der Waals surface area contributed by atoms with Crippen molar-refractivity contribution in [2.45, 2.75) is 6.61 Å². The number of carbonyl (C=O) groups is 1. The van der Waals surface area contributed by atoms with Crippen molar-refractivity contribution in [3.05, 3.63) is 65.7 Å². The Morgan fingerprint density at radius 1 is 1.11 bits per heavy atom. The van der Waals surface area contributed by atoms with Crippen LogP contribution in [0.2, 0.25) is 0 Å². The normalized spacial score (nSPS) is 14.3. The van der Waals surface area contributed by atoms with Crippen molar-refractivity contribution < 1.29 is 18.7 Å². The monoisotopic (exact) mass is 367 g/mol. The van der Waals surface area contributed by atoms with Gasteiger partial charge < -0.3 is 14.4 Å². The van der Waals surface area contributed by atoms with Gasteiger partial charge in [0.25, 0.3) is 0 Å². The number of ether oxygens (including phenoxy) is 2. The van der Waals surface area contributed by atoms with Crippen LogP contribution < -0.4 is 4.90 Å². The van der Waals surface area contributed by atoms with Crippen LogP contribution in [-0.4, -0.2) is 42.2 Å². The average molecular weight is 367 g/mol. The molecule has 0 saturated carbocycles. The Kier molecular flexibility index (Phi) is 4.93. The van der Waals surface area contributed by atoms with Crippen LogP contribution in [0.5, 0.6) is 0 Å². The van der Waals surface area contributed by atoms with Crippen molar-refractivity contribution in [1.82, 2.24) is 9.97 Å². The molecule has 0 amide bonds. The minimum Gasteiger partial charge on any atom is -0.457 e. The molecule has 138 valence electrons. The minimum atomic E-state index is -0.474. The van der Waals surface area contributed by atoms with Crippen LogP contribution in [0.25, 0.3) is 10.9 Å². The molecule has 1 aliphatic rings. The molecule has 6 nitrogen and oxygen atoms in total. The zero-order valence-corrected chi connectivity index (χ0v) is 14.6. The summed E-state index contributed by atoms with van der Waals surface area (Å²) >= 11 is 0.